The van der Waals surface area contributed by atoms with Crippen molar-refractivity contribution in [3.05, 3.63) is 77.8 Å². The Morgan fingerprint density at radius 2 is 1.83 bits per heavy atom. The number of hydrogen-bond acceptors (Lipinski definition) is 4. The van der Waals surface area contributed by atoms with Crippen LogP contribution >= 0.6 is 11.6 Å². The molecule has 0 unspecified atom stereocenters. The van der Waals surface area contributed by atoms with Crippen molar-refractivity contribution in [2.45, 2.75) is 0 Å². The third kappa shape index (κ3) is 4.61. The van der Waals surface area contributed by atoms with Crippen LogP contribution in [-0.2, 0) is 11.8 Å². The number of fused-ring (bicyclic) bond motifs is 1. The minimum atomic E-state index is -0.362. The largest absolute Gasteiger partial charge is 0.378 e. The van der Waals surface area contributed by atoms with E-state index < -0.39 is 0 Å². The summed E-state index contributed by atoms with van der Waals surface area (Å²) in [5.74, 6) is 0.487. The van der Waals surface area contributed by atoms with Gasteiger partial charge in [0.2, 0.25) is 0 Å². The van der Waals surface area contributed by atoms with Crippen molar-refractivity contribution < 1.29 is 9.13 Å². The molecule has 1 saturated heterocycles. The zero-order valence-corrected chi connectivity index (χ0v) is 17.4. The summed E-state index contributed by atoms with van der Waals surface area (Å²) in [5.41, 5.74) is 1.11. The second-order valence-electron chi connectivity index (χ2n) is 6.95. The van der Waals surface area contributed by atoms with E-state index in [4.69, 9.17) is 21.3 Å². The molecule has 1 aliphatic heterocycles. The van der Waals surface area contributed by atoms with Gasteiger partial charge < -0.3 is 9.64 Å². The Morgan fingerprint density at radius 3 is 2.50 bits per heavy atom. The van der Waals surface area contributed by atoms with Crippen molar-refractivity contribution in [2.75, 3.05) is 31.2 Å². The number of halogens is 2. The van der Waals surface area contributed by atoms with Crippen molar-refractivity contribution in [1.29, 1.82) is 0 Å². The zero-order valence-electron chi connectivity index (χ0n) is 16.6. The fraction of sp³-hybridized carbons (Fsp3) is 0.217. The molecule has 0 bridgehead atoms. The van der Waals surface area contributed by atoms with Gasteiger partial charge in [0, 0.05) is 48.5 Å². The molecule has 0 aliphatic carbocycles. The molecule has 0 atom stereocenters. The Kier molecular flexibility index (Phi) is 6.26. The third-order valence-corrected chi connectivity index (χ3v) is 5.12. The molecule has 5 nitrogen and oxygen atoms in total. The van der Waals surface area contributed by atoms with Gasteiger partial charge in [-0.2, -0.15) is 5.10 Å². The predicted octanol–water partition coefficient (Wildman–Crippen LogP) is 4.95. The van der Waals surface area contributed by atoms with Gasteiger partial charge in [0.15, 0.2) is 0 Å². The lowest BCUT2D eigenvalue weighted by Crippen LogP contribution is -2.36. The van der Waals surface area contributed by atoms with Crippen LogP contribution in [0.1, 0.15) is 0 Å². The molecule has 0 N–H and O–H groups in total. The van der Waals surface area contributed by atoms with Crippen molar-refractivity contribution >= 4 is 28.2 Å². The Labute approximate surface area is 179 Å². The summed E-state index contributed by atoms with van der Waals surface area (Å²) in [6, 6.07) is 16.6. The van der Waals surface area contributed by atoms with E-state index in [1.54, 1.807) is 23.0 Å². The number of benzene rings is 2. The maximum atomic E-state index is 14.5. The Hall–Kier alpha value is -2.96. The number of rotatable bonds is 2. The molecule has 0 radical (unpaired) electrons. The van der Waals surface area contributed by atoms with E-state index in [1.165, 1.54) is 6.07 Å². The number of hydrogen-bond donors (Lipinski definition) is 0. The monoisotopic (exact) mass is 424 g/mol. The van der Waals surface area contributed by atoms with Crippen LogP contribution in [0.5, 0.6) is 0 Å². The van der Waals surface area contributed by atoms with Crippen molar-refractivity contribution in [3.63, 3.8) is 0 Å². The van der Waals surface area contributed by atoms with Gasteiger partial charge in [-0.15, -0.1) is 0 Å². The minimum Gasteiger partial charge on any atom is -0.378 e. The number of ether oxygens (including phenoxy) is 1. The molecule has 2 aromatic heterocycles. The third-order valence-electron chi connectivity index (χ3n) is 4.88. The first-order chi connectivity index (χ1) is 14.6. The van der Waals surface area contributed by atoms with Crippen LogP contribution in [-0.4, -0.2) is 41.1 Å². The lowest BCUT2D eigenvalue weighted by molar-refractivity contribution is 0.122. The van der Waals surface area contributed by atoms with E-state index in [0.717, 1.165) is 29.7 Å². The average Bonchev–Trinajstić information content (AvgIpc) is 3.25. The van der Waals surface area contributed by atoms with Crippen LogP contribution in [0.3, 0.4) is 0 Å². The fourth-order valence-corrected chi connectivity index (χ4v) is 3.53. The second kappa shape index (κ2) is 9.24. The average molecular weight is 425 g/mol. The van der Waals surface area contributed by atoms with Crippen LogP contribution in [0.2, 0.25) is 5.02 Å². The summed E-state index contributed by atoms with van der Waals surface area (Å²) in [5, 5.41) is 6.18. The molecule has 7 heteroatoms. The summed E-state index contributed by atoms with van der Waals surface area (Å²) in [6.07, 6.45) is 3.64. The fourth-order valence-electron chi connectivity index (χ4n) is 3.37. The highest BCUT2D eigenvalue weighted by molar-refractivity contribution is 6.30. The van der Waals surface area contributed by atoms with Gasteiger partial charge in [-0.05, 0) is 35.7 Å². The smallest absolute Gasteiger partial charge is 0.134 e. The maximum Gasteiger partial charge on any atom is 0.134 e. The molecule has 5 rings (SSSR count). The summed E-state index contributed by atoms with van der Waals surface area (Å²) >= 11 is 5.89. The van der Waals surface area contributed by atoms with Crippen molar-refractivity contribution in [3.8, 4) is 11.3 Å². The van der Waals surface area contributed by atoms with Gasteiger partial charge >= 0.3 is 0 Å². The summed E-state index contributed by atoms with van der Waals surface area (Å²) < 4.78 is 21.6. The molecule has 30 heavy (non-hydrogen) atoms. The van der Waals surface area contributed by atoms with E-state index in [0.29, 0.717) is 29.5 Å². The molecule has 0 spiro atoms. The lowest BCUT2D eigenvalue weighted by Gasteiger charge is -2.28. The molecule has 154 valence electrons. The van der Waals surface area contributed by atoms with E-state index >= 15 is 0 Å². The van der Waals surface area contributed by atoms with E-state index in [-0.39, 0.29) is 5.82 Å². The van der Waals surface area contributed by atoms with Gasteiger partial charge in [-0.1, -0.05) is 35.9 Å². The van der Waals surface area contributed by atoms with Crippen molar-refractivity contribution in [2.24, 2.45) is 7.05 Å². The van der Waals surface area contributed by atoms with Gasteiger partial charge in [-0.3, -0.25) is 4.68 Å². The first-order valence-corrected chi connectivity index (χ1v) is 10.1. The first kappa shape index (κ1) is 20.3. The van der Waals surface area contributed by atoms with Crippen LogP contribution in [0.25, 0.3) is 22.0 Å². The quantitative estimate of drug-likeness (QED) is 0.456. The molecule has 0 saturated carbocycles. The molecule has 2 aromatic carbocycles. The predicted molar refractivity (Wildman–Crippen MR) is 118 cm³/mol. The summed E-state index contributed by atoms with van der Waals surface area (Å²) in [7, 11) is 1.89. The van der Waals surface area contributed by atoms with Crippen LogP contribution < -0.4 is 4.90 Å². The molecule has 3 heterocycles. The Morgan fingerprint density at radius 1 is 1.03 bits per heavy atom. The van der Waals surface area contributed by atoms with Crippen LogP contribution in [0, 0.1) is 5.82 Å². The topological polar surface area (TPSA) is 43.2 Å². The molecular weight excluding hydrogens is 403 g/mol. The van der Waals surface area contributed by atoms with Gasteiger partial charge in [-0.25, -0.2) is 9.37 Å². The molecule has 1 fully saturated rings. The number of anilines is 1. The second-order valence-corrected chi connectivity index (χ2v) is 7.39. The Balaban J connectivity index is 0.000000313. The van der Waals surface area contributed by atoms with Gasteiger partial charge in [0.25, 0.3) is 0 Å². The highest BCUT2D eigenvalue weighted by Crippen LogP contribution is 2.33. The van der Waals surface area contributed by atoms with Crippen LogP contribution in [0.15, 0.2) is 67.0 Å². The standard InChI is InChI=1S/C19H16ClFN2O.C4H6N2/c20-14-5-6-16(17(21)12-14)19-15-4-2-1-3-13(15)11-18(22-19)23-7-9-24-10-8-23;1-6-4-2-3-5-6/h1-6,11-12H,7-10H2;2-4H,1H3. The normalized spacial score (nSPS) is 13.8. The number of morpholine rings is 1. The zero-order chi connectivity index (χ0) is 20.9. The summed E-state index contributed by atoms with van der Waals surface area (Å²) in [6.45, 7) is 2.93. The molecule has 4 aromatic rings. The number of aryl methyl sites for hydroxylation is 1. The van der Waals surface area contributed by atoms with Gasteiger partial charge in [0.05, 0.1) is 18.9 Å². The van der Waals surface area contributed by atoms with E-state index in [2.05, 4.69) is 16.1 Å². The lowest BCUT2D eigenvalue weighted by atomic mass is 10.0. The number of pyridine rings is 1. The Bertz CT molecular complexity index is 1130. The van der Waals surface area contributed by atoms with Crippen molar-refractivity contribution in [1.82, 2.24) is 14.8 Å². The van der Waals surface area contributed by atoms with E-state index in [9.17, 15) is 4.39 Å². The highest BCUT2D eigenvalue weighted by atomic mass is 35.5. The summed E-state index contributed by atoms with van der Waals surface area (Å²) in [4.78, 5) is 6.95. The SMILES string of the molecule is Cn1cccn1.Fc1cc(Cl)ccc1-c1nc(N2CCOCC2)cc2ccccc12. The molecule has 0 amide bonds. The van der Waals surface area contributed by atoms with E-state index in [1.807, 2.05) is 43.6 Å². The molecular formula is C23H22ClFN4O. The first-order valence-electron chi connectivity index (χ1n) is 9.73. The number of nitrogens with zero attached hydrogens (tertiary/aromatic N) is 4. The highest BCUT2D eigenvalue weighted by Gasteiger charge is 2.17. The maximum absolute atomic E-state index is 14.5. The van der Waals surface area contributed by atoms with Crippen LogP contribution in [0.4, 0.5) is 10.2 Å². The van der Waals surface area contributed by atoms with Gasteiger partial charge in [0.1, 0.15) is 11.6 Å². The minimum absolute atomic E-state index is 0.362. The number of aromatic nitrogens is 3. The molecule has 1 aliphatic rings.